The van der Waals surface area contributed by atoms with Gasteiger partial charge < -0.3 is 25.3 Å². The molecule has 1 aliphatic rings. The summed E-state index contributed by atoms with van der Waals surface area (Å²) >= 11 is 0. The summed E-state index contributed by atoms with van der Waals surface area (Å²) in [5.41, 5.74) is 3.25. The molecule has 11 nitrogen and oxygen atoms in total. The fourth-order valence-electron chi connectivity index (χ4n) is 3.94. The third-order valence-electron chi connectivity index (χ3n) is 6.14. The summed E-state index contributed by atoms with van der Waals surface area (Å²) in [6.07, 6.45) is -4.27. The van der Waals surface area contributed by atoms with E-state index in [1.165, 1.54) is 17.7 Å². The van der Waals surface area contributed by atoms with Crippen LogP contribution in [0.15, 0.2) is 83.9 Å². The molecule has 3 aromatic rings. The van der Waals surface area contributed by atoms with Gasteiger partial charge >= 0.3 is 18.1 Å². The number of anilines is 2. The van der Waals surface area contributed by atoms with Gasteiger partial charge in [-0.15, -0.1) is 0 Å². The molecule has 3 aromatic carbocycles. The normalized spacial score (nSPS) is 13.5. The van der Waals surface area contributed by atoms with Gasteiger partial charge in [0.2, 0.25) is 0 Å². The van der Waals surface area contributed by atoms with E-state index in [1.807, 2.05) is 18.2 Å². The number of nitrogens with one attached hydrogen (secondary N) is 1. The second-order valence-corrected chi connectivity index (χ2v) is 9.00. The predicted octanol–water partition coefficient (Wildman–Crippen LogP) is 4.76. The number of carboxylic acids is 2. The highest BCUT2D eigenvalue weighted by Gasteiger charge is 2.38. The Balaban J connectivity index is 0.000000616. The molecule has 1 heterocycles. The molecule has 1 fully saturated rings. The number of nitrogens with zero attached hydrogens (tertiary/aromatic N) is 4. The van der Waals surface area contributed by atoms with Gasteiger partial charge in [0.05, 0.1) is 10.5 Å². The molecule has 0 atom stereocenters. The van der Waals surface area contributed by atoms with Gasteiger partial charge in [-0.3, -0.25) is 15.1 Å². The molecule has 0 aliphatic carbocycles. The topological polar surface area (TPSA) is 149 Å². The van der Waals surface area contributed by atoms with Crippen LogP contribution in [0.25, 0.3) is 0 Å². The van der Waals surface area contributed by atoms with Crippen LogP contribution in [-0.2, 0) is 11.2 Å². The number of nitro benzene ring substituents is 1. The Hall–Kier alpha value is -5.14. The van der Waals surface area contributed by atoms with Crippen molar-refractivity contribution in [1.29, 1.82) is 0 Å². The number of aliphatic imine (C=N–C) groups is 1. The maximum Gasteiger partial charge on any atom is 0.490 e. The Kier molecular flexibility index (Phi) is 10.8. The average Bonchev–Trinajstić information content (AvgIpc) is 2.97. The summed E-state index contributed by atoms with van der Waals surface area (Å²) in [7, 11) is 0. The number of carboxylic acid groups (broad SMARTS) is 2. The first-order valence-electron chi connectivity index (χ1n) is 12.7. The van der Waals surface area contributed by atoms with E-state index >= 15 is 0 Å². The fraction of sp³-hybridized carbons (Fsp3) is 0.250. The SMILES string of the molecule is O=C(O)C(F)(F)F.O=C(O)c1ccc(NC(=NCCc2ccccc2)N2CCN(c3ccc([N+](=O)[O-])cc3)CC2)cc1. The largest absolute Gasteiger partial charge is 0.490 e. The first-order valence-corrected chi connectivity index (χ1v) is 12.7. The second-order valence-electron chi connectivity index (χ2n) is 9.00. The number of hydrogen-bond acceptors (Lipinski definition) is 6. The molecule has 0 aromatic heterocycles. The summed E-state index contributed by atoms with van der Waals surface area (Å²) in [6.45, 7) is 3.55. The van der Waals surface area contributed by atoms with Crippen molar-refractivity contribution in [3.05, 3.63) is 100 Å². The third-order valence-corrected chi connectivity index (χ3v) is 6.14. The standard InChI is InChI=1S/C26H27N5O4.C2HF3O2/c32-25(33)21-6-8-22(9-7-21)28-26(27-15-14-20-4-2-1-3-5-20)30-18-16-29(17-19-30)23-10-12-24(13-11-23)31(34)35;3-2(4,5)1(6)7/h1-13H,14-19H2,(H,27,28)(H,32,33);(H,6,7). The first kappa shape index (κ1) is 31.4. The van der Waals surface area contributed by atoms with Crippen LogP contribution in [0.5, 0.6) is 0 Å². The van der Waals surface area contributed by atoms with Gasteiger partial charge in [-0.2, -0.15) is 13.2 Å². The molecule has 0 radical (unpaired) electrons. The number of nitro groups is 1. The summed E-state index contributed by atoms with van der Waals surface area (Å²) in [5.74, 6) is -2.98. The maximum absolute atomic E-state index is 11.2. The van der Waals surface area contributed by atoms with E-state index < -0.39 is 23.0 Å². The molecule has 1 aliphatic heterocycles. The highest BCUT2D eigenvalue weighted by molar-refractivity contribution is 5.95. The highest BCUT2D eigenvalue weighted by Crippen LogP contribution is 2.21. The van der Waals surface area contributed by atoms with Crippen LogP contribution in [0.3, 0.4) is 0 Å². The quantitative estimate of drug-likeness (QED) is 0.154. The fourth-order valence-corrected chi connectivity index (χ4v) is 3.94. The number of aromatic carboxylic acids is 1. The number of aliphatic carboxylic acids is 1. The van der Waals surface area contributed by atoms with Crippen molar-refractivity contribution in [2.45, 2.75) is 12.6 Å². The Morgan fingerprint density at radius 2 is 1.48 bits per heavy atom. The van der Waals surface area contributed by atoms with Gasteiger partial charge in [-0.1, -0.05) is 30.3 Å². The smallest absolute Gasteiger partial charge is 0.478 e. The van der Waals surface area contributed by atoms with E-state index in [2.05, 4.69) is 27.2 Å². The number of piperazine rings is 1. The molecular weight excluding hydrogens is 559 g/mol. The first-order chi connectivity index (χ1) is 19.9. The van der Waals surface area contributed by atoms with Gasteiger partial charge in [-0.25, -0.2) is 9.59 Å². The lowest BCUT2D eigenvalue weighted by atomic mass is 10.1. The van der Waals surface area contributed by atoms with Crippen molar-refractivity contribution in [2.24, 2.45) is 4.99 Å². The van der Waals surface area contributed by atoms with E-state index in [0.717, 1.165) is 49.9 Å². The monoisotopic (exact) mass is 587 g/mol. The van der Waals surface area contributed by atoms with Gasteiger partial charge in [0, 0.05) is 56.2 Å². The molecule has 0 unspecified atom stereocenters. The minimum absolute atomic E-state index is 0.0818. The number of guanidine groups is 1. The molecular formula is C28H28F3N5O6. The summed E-state index contributed by atoms with van der Waals surface area (Å²) in [4.78, 5) is 39.8. The zero-order chi connectivity index (χ0) is 30.7. The second kappa shape index (κ2) is 14.5. The number of halogens is 3. The van der Waals surface area contributed by atoms with Crippen molar-refractivity contribution in [3.63, 3.8) is 0 Å². The zero-order valence-electron chi connectivity index (χ0n) is 22.2. The lowest BCUT2D eigenvalue weighted by molar-refractivity contribution is -0.384. The summed E-state index contributed by atoms with van der Waals surface area (Å²) in [5, 5.41) is 30.6. The van der Waals surface area contributed by atoms with Crippen molar-refractivity contribution in [3.8, 4) is 0 Å². The van der Waals surface area contributed by atoms with Gasteiger partial charge in [0.15, 0.2) is 5.96 Å². The van der Waals surface area contributed by atoms with Gasteiger partial charge in [0.25, 0.3) is 5.69 Å². The van der Waals surface area contributed by atoms with E-state index in [1.54, 1.807) is 36.4 Å². The number of rotatable bonds is 7. The highest BCUT2D eigenvalue weighted by atomic mass is 19.4. The minimum atomic E-state index is -5.08. The summed E-state index contributed by atoms with van der Waals surface area (Å²) < 4.78 is 31.7. The Morgan fingerprint density at radius 3 is 1.98 bits per heavy atom. The number of alkyl halides is 3. The van der Waals surface area contributed by atoms with Crippen LogP contribution in [0, 0.1) is 10.1 Å². The Morgan fingerprint density at radius 1 is 0.905 bits per heavy atom. The van der Waals surface area contributed by atoms with E-state index in [-0.39, 0.29) is 11.3 Å². The number of hydrogen-bond donors (Lipinski definition) is 3. The average molecular weight is 588 g/mol. The molecule has 222 valence electrons. The van der Waals surface area contributed by atoms with Crippen molar-refractivity contribution >= 4 is 35.0 Å². The van der Waals surface area contributed by atoms with Crippen LogP contribution in [-0.4, -0.2) is 76.8 Å². The van der Waals surface area contributed by atoms with Crippen molar-refractivity contribution in [1.82, 2.24) is 4.90 Å². The van der Waals surface area contributed by atoms with Crippen LogP contribution in [0.1, 0.15) is 15.9 Å². The molecule has 42 heavy (non-hydrogen) atoms. The van der Waals surface area contributed by atoms with Crippen LogP contribution in [0.4, 0.5) is 30.2 Å². The molecule has 1 saturated heterocycles. The number of non-ortho nitro benzene ring substituents is 1. The van der Waals surface area contributed by atoms with Crippen LogP contribution >= 0.6 is 0 Å². The molecule has 0 amide bonds. The van der Waals surface area contributed by atoms with Crippen molar-refractivity contribution < 1.29 is 37.9 Å². The lowest BCUT2D eigenvalue weighted by Gasteiger charge is -2.37. The van der Waals surface area contributed by atoms with E-state index in [9.17, 15) is 28.1 Å². The van der Waals surface area contributed by atoms with Gasteiger partial charge in [0.1, 0.15) is 0 Å². The maximum atomic E-state index is 11.2. The van der Waals surface area contributed by atoms with Gasteiger partial charge in [-0.05, 0) is 48.4 Å². The van der Waals surface area contributed by atoms with E-state index in [0.29, 0.717) is 6.54 Å². The van der Waals surface area contributed by atoms with E-state index in [4.69, 9.17) is 20.0 Å². The molecule has 3 N–H and O–H groups in total. The zero-order valence-corrected chi connectivity index (χ0v) is 22.2. The molecule has 0 saturated carbocycles. The molecule has 0 bridgehead atoms. The number of benzene rings is 3. The van der Waals surface area contributed by atoms with Crippen molar-refractivity contribution in [2.75, 3.05) is 42.9 Å². The molecule has 14 heteroatoms. The predicted molar refractivity (Wildman–Crippen MR) is 150 cm³/mol. The van der Waals surface area contributed by atoms with Crippen LogP contribution < -0.4 is 10.2 Å². The molecule has 0 spiro atoms. The Bertz CT molecular complexity index is 1380. The van der Waals surface area contributed by atoms with Crippen LogP contribution in [0.2, 0.25) is 0 Å². The minimum Gasteiger partial charge on any atom is -0.478 e. The Labute approximate surface area is 238 Å². The lowest BCUT2D eigenvalue weighted by Crippen LogP contribution is -2.50. The number of carbonyl (C=O) groups is 2. The summed E-state index contributed by atoms with van der Waals surface area (Å²) in [6, 6.07) is 23.4. The molecule has 4 rings (SSSR count). The third kappa shape index (κ3) is 9.50.